The largest absolute Gasteiger partial charge is 0.486 e. The van der Waals surface area contributed by atoms with Gasteiger partial charge in [-0.15, -0.1) is 0 Å². The van der Waals surface area contributed by atoms with Crippen molar-refractivity contribution in [2.75, 3.05) is 0 Å². The molecular formula is C15H15Cl3N2O. The van der Waals surface area contributed by atoms with Gasteiger partial charge in [-0.05, 0) is 31.2 Å². The second-order valence-corrected chi connectivity index (χ2v) is 5.93. The summed E-state index contributed by atoms with van der Waals surface area (Å²) < 4.78 is 5.65. The SMILES string of the molecule is C[C@@H](N)Cc1ccc(OCc2c(Cl)cccc2Cl)c(Cl)n1. The van der Waals surface area contributed by atoms with Gasteiger partial charge in [0.2, 0.25) is 0 Å². The zero-order valence-corrected chi connectivity index (χ0v) is 13.7. The van der Waals surface area contributed by atoms with Gasteiger partial charge in [0.15, 0.2) is 10.9 Å². The fourth-order valence-electron chi connectivity index (χ4n) is 1.83. The van der Waals surface area contributed by atoms with Crippen molar-refractivity contribution in [2.45, 2.75) is 26.0 Å². The Hall–Kier alpha value is -1.000. The Bertz CT molecular complexity index is 612. The van der Waals surface area contributed by atoms with Gasteiger partial charge in [-0.2, -0.15) is 0 Å². The van der Waals surface area contributed by atoms with Crippen LogP contribution >= 0.6 is 34.8 Å². The number of hydrogen-bond donors (Lipinski definition) is 1. The van der Waals surface area contributed by atoms with E-state index in [9.17, 15) is 0 Å². The number of halogens is 3. The van der Waals surface area contributed by atoms with Gasteiger partial charge in [-0.3, -0.25) is 0 Å². The third kappa shape index (κ3) is 4.48. The van der Waals surface area contributed by atoms with Gasteiger partial charge in [-0.25, -0.2) is 4.98 Å². The van der Waals surface area contributed by atoms with Gasteiger partial charge in [0, 0.05) is 33.8 Å². The van der Waals surface area contributed by atoms with E-state index in [0.717, 1.165) is 11.3 Å². The van der Waals surface area contributed by atoms with Gasteiger partial charge in [0.1, 0.15) is 6.61 Å². The van der Waals surface area contributed by atoms with Crippen LogP contribution in [0.3, 0.4) is 0 Å². The maximum atomic E-state index is 6.12. The molecule has 3 nitrogen and oxygen atoms in total. The molecule has 2 rings (SSSR count). The molecule has 2 aromatic rings. The molecule has 1 aromatic carbocycles. The van der Waals surface area contributed by atoms with Crippen LogP contribution in [0.15, 0.2) is 30.3 Å². The number of hydrogen-bond acceptors (Lipinski definition) is 3. The molecule has 0 radical (unpaired) electrons. The lowest BCUT2D eigenvalue weighted by atomic mass is 10.2. The average Bonchev–Trinajstić information content (AvgIpc) is 2.39. The predicted molar refractivity (Wildman–Crippen MR) is 87.4 cm³/mol. The number of aromatic nitrogens is 1. The van der Waals surface area contributed by atoms with Crippen molar-refractivity contribution in [3.8, 4) is 5.75 Å². The maximum absolute atomic E-state index is 6.12. The van der Waals surface area contributed by atoms with Crippen LogP contribution in [-0.4, -0.2) is 11.0 Å². The number of rotatable bonds is 5. The van der Waals surface area contributed by atoms with Gasteiger partial charge in [0.25, 0.3) is 0 Å². The molecule has 0 aliphatic heterocycles. The molecule has 0 saturated carbocycles. The first-order valence-corrected chi connectivity index (χ1v) is 7.57. The Morgan fingerprint density at radius 1 is 1.14 bits per heavy atom. The Labute approximate surface area is 139 Å². The summed E-state index contributed by atoms with van der Waals surface area (Å²) in [7, 11) is 0. The molecule has 0 aliphatic carbocycles. The minimum absolute atomic E-state index is 0.0299. The van der Waals surface area contributed by atoms with Crippen LogP contribution in [0, 0.1) is 0 Å². The molecule has 112 valence electrons. The molecule has 1 atom stereocenters. The zero-order valence-electron chi connectivity index (χ0n) is 11.4. The van der Waals surface area contributed by atoms with E-state index in [1.807, 2.05) is 13.0 Å². The summed E-state index contributed by atoms with van der Waals surface area (Å²) in [5.41, 5.74) is 7.29. The van der Waals surface area contributed by atoms with Crippen LogP contribution in [0.2, 0.25) is 15.2 Å². The van der Waals surface area contributed by atoms with Crippen LogP contribution in [0.5, 0.6) is 5.75 Å². The summed E-state index contributed by atoms with van der Waals surface area (Å²) in [4.78, 5) is 4.26. The van der Waals surface area contributed by atoms with Crippen molar-refractivity contribution in [1.29, 1.82) is 0 Å². The first-order chi connectivity index (χ1) is 9.97. The summed E-state index contributed by atoms with van der Waals surface area (Å²) in [6.07, 6.45) is 0.663. The van der Waals surface area contributed by atoms with Gasteiger partial charge in [0.05, 0.1) is 0 Å². The number of nitrogens with two attached hydrogens (primary N) is 1. The van der Waals surface area contributed by atoms with Crippen LogP contribution < -0.4 is 10.5 Å². The first kappa shape index (κ1) is 16.4. The normalized spacial score (nSPS) is 12.2. The molecule has 0 spiro atoms. The zero-order chi connectivity index (χ0) is 15.4. The van der Waals surface area contributed by atoms with Crippen molar-refractivity contribution in [1.82, 2.24) is 4.98 Å². The van der Waals surface area contributed by atoms with Crippen LogP contribution in [0.4, 0.5) is 0 Å². The molecule has 1 aromatic heterocycles. The van der Waals surface area contributed by atoms with Gasteiger partial charge in [-0.1, -0.05) is 40.9 Å². The lowest BCUT2D eigenvalue weighted by Gasteiger charge is -2.11. The quantitative estimate of drug-likeness (QED) is 0.811. The van der Waals surface area contributed by atoms with E-state index in [0.29, 0.717) is 27.4 Å². The second kappa shape index (κ2) is 7.32. The maximum Gasteiger partial charge on any atom is 0.171 e. The van der Waals surface area contributed by atoms with E-state index in [1.165, 1.54) is 0 Å². The van der Waals surface area contributed by atoms with E-state index in [-0.39, 0.29) is 12.6 Å². The number of benzene rings is 1. The van der Waals surface area contributed by atoms with E-state index in [2.05, 4.69) is 4.98 Å². The minimum Gasteiger partial charge on any atom is -0.486 e. The van der Waals surface area contributed by atoms with E-state index in [4.69, 9.17) is 45.3 Å². The average molecular weight is 346 g/mol. The van der Waals surface area contributed by atoms with Crippen molar-refractivity contribution in [2.24, 2.45) is 5.73 Å². The van der Waals surface area contributed by atoms with E-state index in [1.54, 1.807) is 24.3 Å². The smallest absolute Gasteiger partial charge is 0.171 e. The van der Waals surface area contributed by atoms with E-state index < -0.39 is 0 Å². The van der Waals surface area contributed by atoms with Crippen molar-refractivity contribution < 1.29 is 4.74 Å². The highest BCUT2D eigenvalue weighted by atomic mass is 35.5. The van der Waals surface area contributed by atoms with Crippen LogP contribution in [0.25, 0.3) is 0 Å². The highest BCUT2D eigenvalue weighted by molar-refractivity contribution is 6.36. The van der Waals surface area contributed by atoms with Crippen LogP contribution in [-0.2, 0) is 13.0 Å². The third-order valence-electron chi connectivity index (χ3n) is 2.84. The summed E-state index contributed by atoms with van der Waals surface area (Å²) >= 11 is 18.3. The summed E-state index contributed by atoms with van der Waals surface area (Å²) in [6, 6.07) is 8.96. The van der Waals surface area contributed by atoms with Crippen molar-refractivity contribution >= 4 is 34.8 Å². The number of ether oxygens (including phenoxy) is 1. The minimum atomic E-state index is 0.0299. The van der Waals surface area contributed by atoms with Gasteiger partial charge < -0.3 is 10.5 Å². The fourth-order valence-corrected chi connectivity index (χ4v) is 2.56. The first-order valence-electron chi connectivity index (χ1n) is 6.44. The standard InChI is InChI=1S/C15H15Cl3N2O/c1-9(19)7-10-5-6-14(15(18)20-10)21-8-11-12(16)3-2-4-13(11)17/h2-6,9H,7-8,19H2,1H3/t9-/m1/s1. The molecule has 0 bridgehead atoms. The molecular weight excluding hydrogens is 331 g/mol. The molecule has 1 heterocycles. The Morgan fingerprint density at radius 2 is 1.81 bits per heavy atom. The molecule has 0 fully saturated rings. The van der Waals surface area contributed by atoms with Crippen molar-refractivity contribution in [3.05, 3.63) is 56.8 Å². The number of pyridine rings is 1. The highest BCUT2D eigenvalue weighted by Gasteiger charge is 2.10. The Morgan fingerprint density at radius 3 is 2.38 bits per heavy atom. The monoisotopic (exact) mass is 344 g/mol. The lowest BCUT2D eigenvalue weighted by molar-refractivity contribution is 0.305. The predicted octanol–water partition coefficient (Wildman–Crippen LogP) is 4.51. The molecule has 0 unspecified atom stereocenters. The summed E-state index contributed by atoms with van der Waals surface area (Å²) in [6.45, 7) is 2.14. The number of nitrogens with zero attached hydrogens (tertiary/aromatic N) is 1. The Balaban J connectivity index is 2.10. The topological polar surface area (TPSA) is 48.1 Å². The molecule has 0 aliphatic rings. The lowest BCUT2D eigenvalue weighted by Crippen LogP contribution is -2.18. The van der Waals surface area contributed by atoms with Crippen LogP contribution in [0.1, 0.15) is 18.2 Å². The molecule has 6 heteroatoms. The molecule has 2 N–H and O–H groups in total. The van der Waals surface area contributed by atoms with Crippen molar-refractivity contribution in [3.63, 3.8) is 0 Å². The Kier molecular flexibility index (Phi) is 5.71. The third-order valence-corrected chi connectivity index (χ3v) is 3.82. The summed E-state index contributed by atoms with van der Waals surface area (Å²) in [5.74, 6) is 0.487. The van der Waals surface area contributed by atoms with Gasteiger partial charge >= 0.3 is 0 Å². The summed E-state index contributed by atoms with van der Waals surface area (Å²) in [5, 5.41) is 1.41. The molecule has 0 amide bonds. The molecule has 21 heavy (non-hydrogen) atoms. The van der Waals surface area contributed by atoms with E-state index >= 15 is 0 Å². The highest BCUT2D eigenvalue weighted by Crippen LogP contribution is 2.28. The molecule has 0 saturated heterocycles. The second-order valence-electron chi connectivity index (χ2n) is 4.76. The fraction of sp³-hybridized carbons (Fsp3) is 0.267.